The number of aliphatic imine (C=N–C) groups is 1. The Morgan fingerprint density at radius 3 is 2.47 bits per heavy atom. The van der Waals surface area contributed by atoms with E-state index in [1.54, 1.807) is 38.1 Å². The van der Waals surface area contributed by atoms with Gasteiger partial charge >= 0.3 is 5.97 Å². The number of carbonyl (C=O) groups excluding carboxylic acids is 1. The Bertz CT molecular complexity index is 1290. The van der Waals surface area contributed by atoms with E-state index in [0.29, 0.717) is 40.3 Å². The standard InChI is InChI=1S/C23H22FN5O3.C2H2/c1-11(24)10-15-12(2)26-18(15)21-27-19(25)17-20(28-21)29-22(32)23(17,3)14-7-4-13(5-8-14)6-9-16(30)31;1-2/h4-5,7-8,10H,6,9H2,1-3H3,(H,30,31)(H3,25,27,28,29,32);1-2H/b11-10+;/t23-;/m0./s1. The maximum absolute atomic E-state index is 13.4. The predicted octanol–water partition coefficient (Wildman–Crippen LogP) is 3.53. The predicted molar refractivity (Wildman–Crippen MR) is 128 cm³/mol. The number of carboxylic acid groups (broad SMARTS) is 1. The number of aliphatic carboxylic acids is 1. The number of terminal acetylenes is 1. The summed E-state index contributed by atoms with van der Waals surface area (Å²) in [5.74, 6) is -0.893. The molecule has 2 aromatic rings. The number of fused-ring (bicyclic) bond motifs is 1. The number of halogens is 1. The number of benzene rings is 1. The molecule has 0 saturated carbocycles. The van der Waals surface area contributed by atoms with Gasteiger partial charge in [-0.15, -0.1) is 12.8 Å². The molecule has 34 heavy (non-hydrogen) atoms. The summed E-state index contributed by atoms with van der Waals surface area (Å²) in [6.07, 6.45) is 9.79. The highest BCUT2D eigenvalue weighted by molar-refractivity contribution is 6.18. The zero-order chi connectivity index (χ0) is 25.2. The molecule has 1 aromatic carbocycles. The Labute approximate surface area is 196 Å². The van der Waals surface area contributed by atoms with Crippen molar-refractivity contribution in [2.24, 2.45) is 4.99 Å². The van der Waals surface area contributed by atoms with E-state index in [0.717, 1.165) is 5.56 Å². The third-order valence-corrected chi connectivity index (χ3v) is 5.76. The summed E-state index contributed by atoms with van der Waals surface area (Å²) < 4.78 is 13.4. The van der Waals surface area contributed by atoms with E-state index in [9.17, 15) is 14.0 Å². The number of aryl methyl sites for hydroxylation is 1. The van der Waals surface area contributed by atoms with Crippen LogP contribution in [0.1, 0.15) is 49.7 Å². The SMILES string of the molecule is C#C.CC1=C(/C=C(\C)F)C(c2nc(N)c3c(n2)NC(=O)[C@@]3(C)c2ccc(CCC(=O)O)cc2)=N1. The van der Waals surface area contributed by atoms with Crippen LogP contribution in [0.4, 0.5) is 16.0 Å². The fourth-order valence-corrected chi connectivity index (χ4v) is 3.99. The average Bonchev–Trinajstić information content (AvgIpc) is 3.07. The van der Waals surface area contributed by atoms with Gasteiger partial charge in [0.1, 0.15) is 22.8 Å². The number of nitrogens with one attached hydrogen (secondary N) is 1. The molecular formula is C25H24FN5O3. The number of nitrogens with zero attached hydrogens (tertiary/aromatic N) is 3. The summed E-state index contributed by atoms with van der Waals surface area (Å²) in [6, 6.07) is 7.17. The first-order chi connectivity index (χ1) is 16.1. The highest BCUT2D eigenvalue weighted by atomic mass is 19.1. The third-order valence-electron chi connectivity index (χ3n) is 5.76. The van der Waals surface area contributed by atoms with Crippen LogP contribution in [0.5, 0.6) is 0 Å². The van der Waals surface area contributed by atoms with Crippen molar-refractivity contribution in [2.45, 2.75) is 39.0 Å². The molecule has 9 heteroatoms. The zero-order valence-corrected chi connectivity index (χ0v) is 19.0. The molecule has 1 aromatic heterocycles. The molecule has 1 atom stereocenters. The van der Waals surface area contributed by atoms with Crippen molar-refractivity contribution >= 4 is 29.2 Å². The molecule has 0 radical (unpaired) electrons. The smallest absolute Gasteiger partial charge is 0.303 e. The highest BCUT2D eigenvalue weighted by Gasteiger charge is 2.47. The molecule has 0 spiro atoms. The summed E-state index contributed by atoms with van der Waals surface area (Å²) in [6.45, 7) is 4.84. The van der Waals surface area contributed by atoms with Gasteiger partial charge in [-0.2, -0.15) is 0 Å². The van der Waals surface area contributed by atoms with E-state index >= 15 is 0 Å². The van der Waals surface area contributed by atoms with E-state index in [2.05, 4.69) is 33.1 Å². The molecule has 0 unspecified atom stereocenters. The van der Waals surface area contributed by atoms with Crippen molar-refractivity contribution in [1.29, 1.82) is 0 Å². The lowest BCUT2D eigenvalue weighted by atomic mass is 9.77. The van der Waals surface area contributed by atoms with Crippen LogP contribution in [0.2, 0.25) is 0 Å². The quantitative estimate of drug-likeness (QED) is 0.564. The van der Waals surface area contributed by atoms with E-state index in [4.69, 9.17) is 10.8 Å². The highest BCUT2D eigenvalue weighted by Crippen LogP contribution is 2.44. The van der Waals surface area contributed by atoms with Crippen molar-refractivity contribution in [1.82, 2.24) is 9.97 Å². The van der Waals surface area contributed by atoms with Gasteiger partial charge in [0.05, 0.1) is 11.4 Å². The number of hydrogen-bond donors (Lipinski definition) is 3. The fourth-order valence-electron chi connectivity index (χ4n) is 3.99. The second-order valence-electron chi connectivity index (χ2n) is 8.02. The number of carbonyl (C=O) groups is 2. The minimum absolute atomic E-state index is 0.0282. The monoisotopic (exact) mass is 461 g/mol. The Morgan fingerprint density at radius 2 is 1.91 bits per heavy atom. The minimum atomic E-state index is -1.12. The van der Waals surface area contributed by atoms with Crippen LogP contribution in [0.15, 0.2) is 52.4 Å². The van der Waals surface area contributed by atoms with Gasteiger partial charge in [-0.3, -0.25) is 9.59 Å². The summed E-state index contributed by atoms with van der Waals surface area (Å²) in [7, 11) is 0. The Kier molecular flexibility index (Phi) is 6.63. The molecule has 2 aliphatic rings. The summed E-state index contributed by atoms with van der Waals surface area (Å²) in [4.78, 5) is 36.9. The first-order valence-electron chi connectivity index (χ1n) is 10.4. The van der Waals surface area contributed by atoms with Crippen LogP contribution in [-0.2, 0) is 21.4 Å². The molecule has 0 saturated heterocycles. The summed E-state index contributed by atoms with van der Waals surface area (Å²) in [5, 5.41) is 11.6. The second kappa shape index (κ2) is 9.27. The Morgan fingerprint density at radius 1 is 1.26 bits per heavy atom. The molecule has 0 fully saturated rings. The molecule has 174 valence electrons. The largest absolute Gasteiger partial charge is 0.481 e. The van der Waals surface area contributed by atoms with Crippen molar-refractivity contribution in [3.8, 4) is 12.8 Å². The van der Waals surface area contributed by atoms with Crippen LogP contribution in [0.3, 0.4) is 0 Å². The molecular weight excluding hydrogens is 437 g/mol. The average molecular weight is 461 g/mol. The molecule has 0 aliphatic carbocycles. The van der Waals surface area contributed by atoms with Gasteiger partial charge in [0, 0.05) is 17.7 Å². The number of rotatable bonds is 6. The number of nitrogens with two attached hydrogens (primary N) is 1. The van der Waals surface area contributed by atoms with E-state index in [-0.39, 0.29) is 29.8 Å². The molecule has 2 aliphatic heterocycles. The van der Waals surface area contributed by atoms with E-state index < -0.39 is 11.4 Å². The van der Waals surface area contributed by atoms with Gasteiger partial charge in [0.2, 0.25) is 5.91 Å². The summed E-state index contributed by atoms with van der Waals surface area (Å²) in [5.41, 5.74) is 8.84. The van der Waals surface area contributed by atoms with Gasteiger partial charge in [-0.25, -0.2) is 19.4 Å². The lowest BCUT2D eigenvalue weighted by Gasteiger charge is -2.24. The van der Waals surface area contributed by atoms with Crippen molar-refractivity contribution in [3.63, 3.8) is 0 Å². The van der Waals surface area contributed by atoms with Gasteiger partial charge in [-0.05, 0) is 44.4 Å². The maximum Gasteiger partial charge on any atom is 0.303 e. The Balaban J connectivity index is 0.00000158. The number of amides is 1. The molecule has 0 bridgehead atoms. The normalized spacial score (nSPS) is 18.8. The van der Waals surface area contributed by atoms with Crippen LogP contribution in [0.25, 0.3) is 0 Å². The number of allylic oxidation sites excluding steroid dienone is 4. The van der Waals surface area contributed by atoms with Crippen LogP contribution in [-0.4, -0.2) is 32.7 Å². The van der Waals surface area contributed by atoms with Crippen LogP contribution < -0.4 is 11.1 Å². The number of carboxylic acids is 1. The van der Waals surface area contributed by atoms with Crippen molar-refractivity contribution in [2.75, 3.05) is 11.1 Å². The van der Waals surface area contributed by atoms with Crippen molar-refractivity contribution < 1.29 is 19.1 Å². The van der Waals surface area contributed by atoms with E-state index in [1.165, 1.54) is 13.0 Å². The minimum Gasteiger partial charge on any atom is -0.481 e. The lowest BCUT2D eigenvalue weighted by molar-refractivity contribution is -0.137. The topological polar surface area (TPSA) is 131 Å². The molecule has 1 amide bonds. The number of nitrogen functional groups attached to an aromatic ring is 1. The first kappa shape index (κ1) is 24.3. The second-order valence-corrected chi connectivity index (χ2v) is 8.02. The van der Waals surface area contributed by atoms with Gasteiger partial charge < -0.3 is 16.2 Å². The van der Waals surface area contributed by atoms with E-state index in [1.807, 2.05) is 0 Å². The molecule has 4 rings (SSSR count). The van der Waals surface area contributed by atoms with Gasteiger partial charge in [-0.1, -0.05) is 24.3 Å². The number of hydrogen-bond acceptors (Lipinski definition) is 6. The number of aromatic nitrogens is 2. The van der Waals surface area contributed by atoms with Gasteiger partial charge in [0.15, 0.2) is 5.82 Å². The maximum atomic E-state index is 13.4. The molecule has 3 heterocycles. The van der Waals surface area contributed by atoms with Crippen molar-refractivity contribution in [3.05, 3.63) is 70.0 Å². The fraction of sp³-hybridized carbons (Fsp3) is 0.240. The number of anilines is 2. The third kappa shape index (κ3) is 4.18. The molecule has 4 N–H and O–H groups in total. The zero-order valence-electron chi connectivity index (χ0n) is 19.0. The lowest BCUT2D eigenvalue weighted by Crippen LogP contribution is -2.33. The van der Waals surface area contributed by atoms with Crippen LogP contribution in [0, 0.1) is 12.8 Å². The summed E-state index contributed by atoms with van der Waals surface area (Å²) >= 11 is 0. The molecule has 8 nitrogen and oxygen atoms in total. The van der Waals surface area contributed by atoms with Gasteiger partial charge in [0.25, 0.3) is 0 Å². The Hall–Kier alpha value is -4.32. The first-order valence-corrected chi connectivity index (χ1v) is 10.4. The van der Waals surface area contributed by atoms with Crippen LogP contribution >= 0.6 is 0 Å².